The van der Waals surface area contributed by atoms with Gasteiger partial charge in [0, 0.05) is 64.0 Å². The van der Waals surface area contributed by atoms with Gasteiger partial charge in [-0.05, 0) is 19.5 Å². The van der Waals surface area contributed by atoms with Crippen LogP contribution in [0, 0.1) is 0 Å². The summed E-state index contributed by atoms with van der Waals surface area (Å²) in [6.07, 6.45) is 2.08. The van der Waals surface area contributed by atoms with E-state index in [4.69, 9.17) is 0 Å². The van der Waals surface area contributed by atoms with Crippen LogP contribution in [0.15, 0.2) is 6.07 Å². The number of rotatable bonds is 5. The second-order valence-corrected chi connectivity index (χ2v) is 6.11. The number of fused-ring (bicyclic) bond motifs is 3. The Hall–Kier alpha value is -0.910. The molecule has 0 amide bonds. The third-order valence-corrected chi connectivity index (χ3v) is 4.98. The van der Waals surface area contributed by atoms with Gasteiger partial charge < -0.3 is 5.32 Å². The van der Waals surface area contributed by atoms with E-state index >= 15 is 0 Å². The standard InChI is InChI=1S/C15H27N5/c1-4-12-9-13(18(3)17-12)10-14(16-2)15-11-19-5-7-20(15)8-6-19/h9,14-16H,4-8,10-11H2,1-3H3. The minimum absolute atomic E-state index is 0.512. The molecule has 20 heavy (non-hydrogen) atoms. The molecule has 112 valence electrons. The van der Waals surface area contributed by atoms with Crippen molar-refractivity contribution in [3.05, 3.63) is 17.5 Å². The summed E-state index contributed by atoms with van der Waals surface area (Å²) in [6.45, 7) is 8.34. The number of hydrogen-bond donors (Lipinski definition) is 1. The first-order valence-electron chi connectivity index (χ1n) is 7.86. The van der Waals surface area contributed by atoms with Crippen LogP contribution in [-0.2, 0) is 19.9 Å². The van der Waals surface area contributed by atoms with Crippen LogP contribution in [0.1, 0.15) is 18.3 Å². The Morgan fingerprint density at radius 1 is 1.35 bits per heavy atom. The minimum atomic E-state index is 0.512. The van der Waals surface area contributed by atoms with E-state index in [1.807, 2.05) is 0 Å². The summed E-state index contributed by atoms with van der Waals surface area (Å²) in [6, 6.07) is 3.42. The highest BCUT2D eigenvalue weighted by Gasteiger charge is 2.36. The van der Waals surface area contributed by atoms with Crippen molar-refractivity contribution < 1.29 is 0 Å². The van der Waals surface area contributed by atoms with Gasteiger partial charge in [0.1, 0.15) is 0 Å². The number of piperazine rings is 3. The number of nitrogens with one attached hydrogen (secondary N) is 1. The SMILES string of the molecule is CCc1cc(CC(NC)C2CN3CCN2CC3)n(C)n1. The van der Waals surface area contributed by atoms with Crippen LogP contribution < -0.4 is 5.32 Å². The van der Waals surface area contributed by atoms with E-state index in [1.165, 1.54) is 44.1 Å². The molecular formula is C15H27N5. The lowest BCUT2D eigenvalue weighted by Crippen LogP contribution is -2.66. The Morgan fingerprint density at radius 3 is 2.60 bits per heavy atom. The number of hydrogen-bond acceptors (Lipinski definition) is 4. The maximum Gasteiger partial charge on any atom is 0.0624 e. The van der Waals surface area contributed by atoms with E-state index in [0.29, 0.717) is 12.1 Å². The zero-order valence-electron chi connectivity index (χ0n) is 13.0. The topological polar surface area (TPSA) is 36.3 Å². The van der Waals surface area contributed by atoms with Crippen molar-refractivity contribution in [1.29, 1.82) is 0 Å². The van der Waals surface area contributed by atoms with Gasteiger partial charge in [0.2, 0.25) is 0 Å². The second-order valence-electron chi connectivity index (χ2n) is 6.11. The first-order chi connectivity index (χ1) is 9.71. The van der Waals surface area contributed by atoms with Crippen molar-refractivity contribution in [2.75, 3.05) is 39.8 Å². The van der Waals surface area contributed by atoms with Crippen molar-refractivity contribution in [2.24, 2.45) is 7.05 Å². The highest BCUT2D eigenvalue weighted by molar-refractivity contribution is 5.13. The molecule has 1 aromatic heterocycles. The maximum absolute atomic E-state index is 4.57. The monoisotopic (exact) mass is 277 g/mol. The Balaban J connectivity index is 1.71. The fourth-order valence-corrected chi connectivity index (χ4v) is 3.63. The summed E-state index contributed by atoms with van der Waals surface area (Å²) in [4.78, 5) is 5.27. The lowest BCUT2D eigenvalue weighted by atomic mass is 9.96. The van der Waals surface area contributed by atoms with Gasteiger partial charge in [-0.1, -0.05) is 6.92 Å². The Morgan fingerprint density at radius 2 is 2.10 bits per heavy atom. The molecule has 4 heterocycles. The van der Waals surface area contributed by atoms with Crippen LogP contribution in [0.25, 0.3) is 0 Å². The fraction of sp³-hybridized carbons (Fsp3) is 0.800. The van der Waals surface area contributed by atoms with E-state index in [9.17, 15) is 0 Å². The van der Waals surface area contributed by atoms with Crippen LogP contribution >= 0.6 is 0 Å². The van der Waals surface area contributed by atoms with Crippen LogP contribution in [0.3, 0.4) is 0 Å². The number of likely N-dealkylation sites (N-methyl/N-ethyl adjacent to an activating group) is 1. The summed E-state index contributed by atoms with van der Waals surface area (Å²) < 4.78 is 2.06. The van der Waals surface area contributed by atoms with Crippen LogP contribution in [-0.4, -0.2) is 71.4 Å². The molecule has 1 aromatic rings. The normalized spacial score (nSPS) is 30.6. The van der Waals surface area contributed by atoms with Crippen LogP contribution in [0.4, 0.5) is 0 Å². The van der Waals surface area contributed by atoms with Crippen molar-refractivity contribution in [3.8, 4) is 0 Å². The third kappa shape index (κ3) is 2.62. The number of aryl methyl sites for hydroxylation is 2. The van der Waals surface area contributed by atoms with Crippen molar-refractivity contribution in [3.63, 3.8) is 0 Å². The van der Waals surface area contributed by atoms with E-state index in [2.05, 4.69) is 52.0 Å². The van der Waals surface area contributed by atoms with Gasteiger partial charge in [0.15, 0.2) is 0 Å². The molecule has 3 fully saturated rings. The molecule has 0 spiro atoms. The van der Waals surface area contributed by atoms with Crippen molar-refractivity contribution >= 4 is 0 Å². The summed E-state index contributed by atoms with van der Waals surface area (Å²) in [5, 5.41) is 8.12. The molecule has 0 aliphatic carbocycles. The molecule has 2 atom stereocenters. The van der Waals surface area contributed by atoms with Gasteiger partial charge >= 0.3 is 0 Å². The van der Waals surface area contributed by atoms with Crippen LogP contribution in [0.2, 0.25) is 0 Å². The van der Waals surface area contributed by atoms with Crippen molar-refractivity contribution in [1.82, 2.24) is 24.9 Å². The van der Waals surface area contributed by atoms with Gasteiger partial charge in [-0.25, -0.2) is 0 Å². The van der Waals surface area contributed by atoms with E-state index < -0.39 is 0 Å². The molecule has 4 rings (SSSR count). The molecule has 3 saturated heterocycles. The van der Waals surface area contributed by atoms with Gasteiger partial charge in [-0.2, -0.15) is 5.10 Å². The van der Waals surface area contributed by atoms with Gasteiger partial charge in [0.25, 0.3) is 0 Å². The van der Waals surface area contributed by atoms with Gasteiger partial charge in [-0.15, -0.1) is 0 Å². The molecular weight excluding hydrogens is 250 g/mol. The third-order valence-electron chi connectivity index (χ3n) is 4.98. The summed E-state index contributed by atoms with van der Waals surface area (Å²) in [7, 11) is 4.17. The first-order valence-corrected chi connectivity index (χ1v) is 7.86. The zero-order valence-corrected chi connectivity index (χ0v) is 13.0. The minimum Gasteiger partial charge on any atom is -0.315 e. The molecule has 5 heteroatoms. The number of nitrogens with zero attached hydrogens (tertiary/aromatic N) is 4. The molecule has 0 saturated carbocycles. The first kappa shape index (κ1) is 14.0. The summed E-state index contributed by atoms with van der Waals surface area (Å²) in [5.41, 5.74) is 2.55. The highest BCUT2D eigenvalue weighted by Crippen LogP contribution is 2.20. The summed E-state index contributed by atoms with van der Waals surface area (Å²) >= 11 is 0. The molecule has 2 unspecified atom stereocenters. The fourth-order valence-electron chi connectivity index (χ4n) is 3.63. The Kier molecular flexibility index (Phi) is 4.10. The predicted molar refractivity (Wildman–Crippen MR) is 80.9 cm³/mol. The quantitative estimate of drug-likeness (QED) is 0.829. The lowest BCUT2D eigenvalue weighted by Gasteiger charge is -2.50. The van der Waals surface area contributed by atoms with Crippen LogP contribution in [0.5, 0.6) is 0 Å². The maximum atomic E-state index is 4.57. The largest absolute Gasteiger partial charge is 0.315 e. The smallest absolute Gasteiger partial charge is 0.0624 e. The number of aromatic nitrogens is 2. The van der Waals surface area contributed by atoms with Gasteiger partial charge in [0.05, 0.1) is 5.69 Å². The average Bonchev–Trinajstić information content (AvgIpc) is 2.86. The molecule has 3 aliphatic rings. The molecule has 1 N–H and O–H groups in total. The van der Waals surface area contributed by atoms with Crippen molar-refractivity contribution in [2.45, 2.75) is 31.8 Å². The molecule has 0 aromatic carbocycles. The highest BCUT2D eigenvalue weighted by atomic mass is 15.4. The zero-order chi connectivity index (χ0) is 14.1. The van der Waals surface area contributed by atoms with E-state index in [1.54, 1.807) is 0 Å². The second kappa shape index (κ2) is 5.84. The predicted octanol–water partition coefficient (Wildman–Crippen LogP) is 0.113. The van der Waals surface area contributed by atoms with Gasteiger partial charge in [-0.3, -0.25) is 14.5 Å². The summed E-state index contributed by atoms with van der Waals surface area (Å²) in [5.74, 6) is 0. The average molecular weight is 277 g/mol. The Bertz CT molecular complexity index is 447. The lowest BCUT2D eigenvalue weighted by molar-refractivity contribution is -0.00225. The Labute approximate surface area is 121 Å². The van der Waals surface area contributed by atoms with E-state index in [-0.39, 0.29) is 0 Å². The molecule has 5 nitrogen and oxygen atoms in total. The molecule has 0 radical (unpaired) electrons. The molecule has 3 aliphatic heterocycles. The molecule has 2 bridgehead atoms. The van der Waals surface area contributed by atoms with E-state index in [0.717, 1.165) is 12.8 Å².